The molecule has 5 nitrogen and oxygen atoms in total. The number of nitrogens with zero attached hydrogens (tertiary/aromatic N) is 1. The fourth-order valence-electron chi connectivity index (χ4n) is 1.93. The van der Waals surface area contributed by atoms with Gasteiger partial charge in [-0.3, -0.25) is 4.79 Å². The van der Waals surface area contributed by atoms with Crippen molar-refractivity contribution in [3.05, 3.63) is 24.3 Å². The zero-order chi connectivity index (χ0) is 14.4. The predicted octanol–water partition coefficient (Wildman–Crippen LogP) is 2.36. The number of hydrazone groups is 1. The molecule has 1 atom stereocenters. The van der Waals surface area contributed by atoms with Crippen molar-refractivity contribution in [1.82, 2.24) is 5.43 Å². The lowest BCUT2D eigenvalue weighted by atomic mass is 10.1. The molecule has 1 aromatic carbocycles. The van der Waals surface area contributed by atoms with E-state index in [9.17, 15) is 4.79 Å². The van der Waals surface area contributed by atoms with Crippen molar-refractivity contribution < 1.29 is 14.3 Å². The number of carbonyl (C=O) groups is 1. The van der Waals surface area contributed by atoms with Crippen LogP contribution in [-0.2, 0) is 4.79 Å². The second-order valence-electron chi connectivity index (χ2n) is 4.70. The number of ether oxygens (including phenoxy) is 2. The SMILES string of the molecule is CCC(/C=N\NC(=O)[C@@H]1COc2ccccc2O1)CC. The third-order valence-corrected chi connectivity index (χ3v) is 3.31. The molecule has 0 radical (unpaired) electrons. The number of rotatable bonds is 5. The highest BCUT2D eigenvalue weighted by atomic mass is 16.6. The molecule has 1 amide bonds. The summed E-state index contributed by atoms with van der Waals surface area (Å²) >= 11 is 0. The minimum atomic E-state index is -0.663. The van der Waals surface area contributed by atoms with Crippen molar-refractivity contribution in [2.75, 3.05) is 6.61 Å². The molecule has 5 heteroatoms. The molecule has 1 aliphatic heterocycles. The number of carbonyl (C=O) groups excluding carboxylic acids is 1. The Labute approximate surface area is 119 Å². The fraction of sp³-hybridized carbons (Fsp3) is 0.467. The minimum absolute atomic E-state index is 0.198. The first kappa shape index (κ1) is 14.4. The van der Waals surface area contributed by atoms with Gasteiger partial charge in [0, 0.05) is 6.21 Å². The Kier molecular flexibility index (Phi) is 4.98. The molecule has 108 valence electrons. The number of nitrogens with one attached hydrogen (secondary N) is 1. The summed E-state index contributed by atoms with van der Waals surface area (Å²) < 4.78 is 11.1. The second-order valence-corrected chi connectivity index (χ2v) is 4.70. The fourth-order valence-corrected chi connectivity index (χ4v) is 1.93. The number of para-hydroxylation sites is 2. The normalized spacial score (nSPS) is 17.4. The monoisotopic (exact) mass is 276 g/mol. The van der Waals surface area contributed by atoms with Crippen LogP contribution in [0.3, 0.4) is 0 Å². The lowest BCUT2D eigenvalue weighted by Gasteiger charge is -2.24. The molecule has 1 aromatic rings. The first-order valence-electron chi connectivity index (χ1n) is 6.96. The van der Waals surface area contributed by atoms with E-state index in [0.717, 1.165) is 12.8 Å². The van der Waals surface area contributed by atoms with Crippen LogP contribution in [0, 0.1) is 5.92 Å². The molecule has 0 aromatic heterocycles. The van der Waals surface area contributed by atoms with E-state index in [1.807, 2.05) is 18.2 Å². The molecule has 0 spiro atoms. The van der Waals surface area contributed by atoms with Crippen LogP contribution in [0.2, 0.25) is 0 Å². The zero-order valence-electron chi connectivity index (χ0n) is 11.8. The molecule has 1 aliphatic rings. The molecular weight excluding hydrogens is 256 g/mol. The van der Waals surface area contributed by atoms with Crippen LogP contribution in [0.5, 0.6) is 11.5 Å². The average Bonchev–Trinajstić information content (AvgIpc) is 2.51. The Morgan fingerprint density at radius 3 is 2.80 bits per heavy atom. The molecule has 2 rings (SSSR count). The third-order valence-electron chi connectivity index (χ3n) is 3.31. The van der Waals surface area contributed by atoms with Crippen molar-refractivity contribution in [1.29, 1.82) is 0 Å². The Balaban J connectivity index is 1.89. The van der Waals surface area contributed by atoms with Crippen molar-refractivity contribution in [2.24, 2.45) is 11.0 Å². The largest absolute Gasteiger partial charge is 0.485 e. The van der Waals surface area contributed by atoms with Crippen LogP contribution in [-0.4, -0.2) is 24.8 Å². The number of hydrogen-bond donors (Lipinski definition) is 1. The smallest absolute Gasteiger partial charge is 0.284 e. The Hall–Kier alpha value is -2.04. The molecule has 0 bridgehead atoms. The first-order valence-corrected chi connectivity index (χ1v) is 6.96. The molecule has 0 aliphatic carbocycles. The third kappa shape index (κ3) is 3.50. The van der Waals surface area contributed by atoms with Gasteiger partial charge in [0.2, 0.25) is 6.10 Å². The summed E-state index contributed by atoms with van der Waals surface area (Å²) in [5.41, 5.74) is 2.51. The summed E-state index contributed by atoms with van der Waals surface area (Å²) in [5, 5.41) is 3.98. The van der Waals surface area contributed by atoms with Crippen LogP contribution in [0.1, 0.15) is 26.7 Å². The quantitative estimate of drug-likeness (QED) is 0.663. The van der Waals surface area contributed by atoms with E-state index in [2.05, 4.69) is 24.4 Å². The molecule has 0 saturated carbocycles. The van der Waals surface area contributed by atoms with Crippen molar-refractivity contribution >= 4 is 12.1 Å². The topological polar surface area (TPSA) is 59.9 Å². The second kappa shape index (κ2) is 6.93. The van der Waals surface area contributed by atoms with Crippen LogP contribution >= 0.6 is 0 Å². The van der Waals surface area contributed by atoms with Crippen molar-refractivity contribution in [2.45, 2.75) is 32.8 Å². The van der Waals surface area contributed by atoms with E-state index in [0.29, 0.717) is 17.4 Å². The Bertz CT molecular complexity index is 484. The van der Waals surface area contributed by atoms with E-state index in [4.69, 9.17) is 9.47 Å². The number of benzene rings is 1. The lowest BCUT2D eigenvalue weighted by molar-refractivity contribution is -0.130. The zero-order valence-corrected chi connectivity index (χ0v) is 11.8. The van der Waals surface area contributed by atoms with Crippen LogP contribution in [0.4, 0.5) is 0 Å². The van der Waals surface area contributed by atoms with E-state index < -0.39 is 6.10 Å². The molecule has 0 fully saturated rings. The van der Waals surface area contributed by atoms with E-state index in [1.54, 1.807) is 12.3 Å². The van der Waals surface area contributed by atoms with Crippen molar-refractivity contribution in [3.8, 4) is 11.5 Å². The van der Waals surface area contributed by atoms with E-state index >= 15 is 0 Å². The number of hydrogen-bond acceptors (Lipinski definition) is 4. The summed E-state index contributed by atoms with van der Waals surface area (Å²) in [4.78, 5) is 11.9. The standard InChI is InChI=1S/C15H20N2O3/c1-3-11(4-2)9-16-17-15(18)14-10-19-12-7-5-6-8-13(12)20-14/h5-9,11,14H,3-4,10H2,1-2H3,(H,17,18)/b16-9-/t14-/m0/s1. The Morgan fingerprint density at radius 1 is 1.40 bits per heavy atom. The van der Waals surface area contributed by atoms with Crippen LogP contribution in [0.15, 0.2) is 29.4 Å². The molecule has 1 heterocycles. The van der Waals surface area contributed by atoms with Crippen LogP contribution < -0.4 is 14.9 Å². The minimum Gasteiger partial charge on any atom is -0.485 e. The Morgan fingerprint density at radius 2 is 2.10 bits per heavy atom. The van der Waals surface area contributed by atoms with Gasteiger partial charge in [-0.2, -0.15) is 5.10 Å². The lowest BCUT2D eigenvalue weighted by Crippen LogP contribution is -2.42. The van der Waals surface area contributed by atoms with Gasteiger partial charge in [0.1, 0.15) is 6.61 Å². The summed E-state index contributed by atoms with van der Waals surface area (Å²) in [7, 11) is 0. The molecule has 0 unspecified atom stereocenters. The van der Waals surface area contributed by atoms with Gasteiger partial charge in [0.15, 0.2) is 11.5 Å². The highest BCUT2D eigenvalue weighted by Gasteiger charge is 2.26. The van der Waals surface area contributed by atoms with Gasteiger partial charge in [-0.25, -0.2) is 5.43 Å². The highest BCUT2D eigenvalue weighted by molar-refractivity contribution is 5.82. The first-order chi connectivity index (χ1) is 9.74. The number of fused-ring (bicyclic) bond motifs is 1. The summed E-state index contributed by atoms with van der Waals surface area (Å²) in [6.45, 7) is 4.39. The van der Waals surface area contributed by atoms with Gasteiger partial charge >= 0.3 is 0 Å². The molecular formula is C15H20N2O3. The van der Waals surface area contributed by atoms with Gasteiger partial charge in [-0.05, 0) is 30.9 Å². The maximum absolute atomic E-state index is 11.9. The van der Waals surface area contributed by atoms with Gasteiger partial charge in [-0.1, -0.05) is 26.0 Å². The highest BCUT2D eigenvalue weighted by Crippen LogP contribution is 2.30. The maximum Gasteiger partial charge on any atom is 0.284 e. The molecule has 0 saturated heterocycles. The maximum atomic E-state index is 11.9. The summed E-state index contributed by atoms with van der Waals surface area (Å²) in [5.74, 6) is 1.35. The van der Waals surface area contributed by atoms with Gasteiger partial charge < -0.3 is 9.47 Å². The summed E-state index contributed by atoms with van der Waals surface area (Å²) in [6.07, 6.45) is 3.12. The van der Waals surface area contributed by atoms with E-state index in [-0.39, 0.29) is 12.5 Å². The van der Waals surface area contributed by atoms with Gasteiger partial charge in [0.05, 0.1) is 0 Å². The summed E-state index contributed by atoms with van der Waals surface area (Å²) in [6, 6.07) is 7.30. The molecule has 20 heavy (non-hydrogen) atoms. The predicted molar refractivity (Wildman–Crippen MR) is 77.1 cm³/mol. The van der Waals surface area contributed by atoms with Gasteiger partial charge in [-0.15, -0.1) is 0 Å². The van der Waals surface area contributed by atoms with E-state index in [1.165, 1.54) is 0 Å². The average molecular weight is 276 g/mol. The van der Waals surface area contributed by atoms with Crippen molar-refractivity contribution in [3.63, 3.8) is 0 Å². The van der Waals surface area contributed by atoms with Gasteiger partial charge in [0.25, 0.3) is 5.91 Å². The number of amides is 1. The van der Waals surface area contributed by atoms with Crippen LogP contribution in [0.25, 0.3) is 0 Å². The molecule has 1 N–H and O–H groups in total.